The van der Waals surface area contributed by atoms with E-state index in [4.69, 9.17) is 0 Å². The fourth-order valence-corrected chi connectivity index (χ4v) is 4.28. The van der Waals surface area contributed by atoms with Crippen molar-refractivity contribution in [2.45, 2.75) is 121 Å². The van der Waals surface area contributed by atoms with E-state index < -0.39 is 0 Å². The van der Waals surface area contributed by atoms with Crippen molar-refractivity contribution >= 4 is 23.9 Å². The molecule has 0 heterocycles. The molecule has 2 heteroatoms. The van der Waals surface area contributed by atoms with E-state index in [1.165, 1.54) is 113 Å². The summed E-state index contributed by atoms with van der Waals surface area (Å²) in [5.41, 5.74) is 4.84. The maximum absolute atomic E-state index is 4.61. The number of hydrogen-bond acceptors (Lipinski definition) is 2. The average Bonchev–Trinajstić information content (AvgIpc) is 2.72. The lowest BCUT2D eigenvalue weighted by Gasteiger charge is -2.13. The Morgan fingerprint density at radius 3 is 1.69 bits per heavy atom. The van der Waals surface area contributed by atoms with Crippen molar-refractivity contribution in [3.63, 3.8) is 0 Å². The minimum atomic E-state index is 1.05. The molecule has 0 saturated heterocycles. The highest BCUT2D eigenvalue weighted by atomic mass is 32.1. The van der Waals surface area contributed by atoms with Crippen LogP contribution in [0.5, 0.6) is 0 Å². The smallest absolute Gasteiger partial charge is 0.0384 e. The lowest BCUT2D eigenvalue weighted by atomic mass is 9.98. The maximum atomic E-state index is 4.61. The van der Waals surface area contributed by atoms with Gasteiger partial charge in [0.25, 0.3) is 0 Å². The molecule has 0 aliphatic carbocycles. The third-order valence-electron chi connectivity index (χ3n) is 6.14. The first-order valence-electron chi connectivity index (χ1n) is 12.3. The van der Waals surface area contributed by atoms with E-state index in [1.807, 2.05) is 7.05 Å². The van der Waals surface area contributed by atoms with Crippen LogP contribution in [0.2, 0.25) is 0 Å². The Balaban J connectivity index is 1.98. The van der Waals surface area contributed by atoms with Crippen LogP contribution in [0.3, 0.4) is 0 Å². The summed E-state index contributed by atoms with van der Waals surface area (Å²) in [6.45, 7) is 8.71. The Morgan fingerprint density at radius 1 is 0.793 bits per heavy atom. The zero-order valence-corrected chi connectivity index (χ0v) is 20.5. The van der Waals surface area contributed by atoms with Crippen molar-refractivity contribution in [2.75, 3.05) is 12.4 Å². The van der Waals surface area contributed by atoms with Crippen molar-refractivity contribution in [2.24, 2.45) is 0 Å². The monoisotopic (exact) mass is 417 g/mol. The number of rotatable bonds is 18. The van der Waals surface area contributed by atoms with Crippen molar-refractivity contribution < 1.29 is 0 Å². The second-order valence-electron chi connectivity index (χ2n) is 8.72. The van der Waals surface area contributed by atoms with Gasteiger partial charge in [0.05, 0.1) is 0 Å². The van der Waals surface area contributed by atoms with Crippen LogP contribution >= 0.6 is 12.6 Å². The summed E-state index contributed by atoms with van der Waals surface area (Å²) >= 11 is 4.61. The van der Waals surface area contributed by atoms with Crippen LogP contribution in [0.25, 0.3) is 5.57 Å². The fraction of sp³-hybridized carbons (Fsp3) is 0.704. The largest absolute Gasteiger partial charge is 0.388 e. The van der Waals surface area contributed by atoms with Crippen molar-refractivity contribution in [1.82, 2.24) is 0 Å². The van der Waals surface area contributed by atoms with Gasteiger partial charge in [-0.05, 0) is 48.6 Å². The fourth-order valence-electron chi connectivity index (χ4n) is 4.02. The van der Waals surface area contributed by atoms with Gasteiger partial charge >= 0.3 is 0 Å². The Kier molecular flexibility index (Phi) is 15.2. The second-order valence-corrected chi connectivity index (χ2v) is 9.20. The molecule has 1 aromatic rings. The Labute approximate surface area is 187 Å². The topological polar surface area (TPSA) is 12.0 Å². The van der Waals surface area contributed by atoms with Crippen LogP contribution in [0.4, 0.5) is 5.69 Å². The van der Waals surface area contributed by atoms with Crippen LogP contribution in [0.15, 0.2) is 23.6 Å². The minimum Gasteiger partial charge on any atom is -0.388 e. The molecule has 0 saturated carbocycles. The zero-order chi connectivity index (χ0) is 21.3. The third-order valence-corrected chi connectivity index (χ3v) is 6.60. The highest BCUT2D eigenvalue weighted by molar-refractivity contribution is 7.80. The van der Waals surface area contributed by atoms with Gasteiger partial charge < -0.3 is 5.32 Å². The van der Waals surface area contributed by atoms with Gasteiger partial charge in [-0.2, -0.15) is 0 Å². The number of unbranched alkanes of at least 4 members (excludes halogenated alkanes) is 14. The average molecular weight is 418 g/mol. The third kappa shape index (κ3) is 11.8. The highest BCUT2D eigenvalue weighted by Gasteiger charge is 2.06. The number of thiol groups is 1. The number of benzene rings is 1. The Morgan fingerprint density at radius 2 is 1.24 bits per heavy atom. The lowest BCUT2D eigenvalue weighted by molar-refractivity contribution is 0.533. The van der Waals surface area contributed by atoms with Crippen LogP contribution < -0.4 is 5.32 Å². The number of anilines is 1. The molecule has 1 N–H and O–H groups in total. The van der Waals surface area contributed by atoms with Crippen LogP contribution in [-0.4, -0.2) is 7.05 Å². The minimum absolute atomic E-state index is 1.05. The van der Waals surface area contributed by atoms with Gasteiger partial charge in [0.15, 0.2) is 0 Å². The molecule has 0 radical (unpaired) electrons. The first kappa shape index (κ1) is 26.1. The molecule has 29 heavy (non-hydrogen) atoms. The van der Waals surface area contributed by atoms with E-state index in [2.05, 4.69) is 50.5 Å². The van der Waals surface area contributed by atoms with Crippen molar-refractivity contribution in [3.05, 3.63) is 29.8 Å². The first-order chi connectivity index (χ1) is 14.1. The summed E-state index contributed by atoms with van der Waals surface area (Å²) in [7, 11) is 1.97. The predicted molar refractivity (Wildman–Crippen MR) is 137 cm³/mol. The summed E-state index contributed by atoms with van der Waals surface area (Å²) < 4.78 is 0. The van der Waals surface area contributed by atoms with E-state index >= 15 is 0 Å². The number of nitrogens with one attached hydrogen (secondary N) is 1. The van der Waals surface area contributed by atoms with Crippen LogP contribution in [-0.2, 0) is 0 Å². The molecule has 0 atom stereocenters. The van der Waals surface area contributed by atoms with E-state index in [-0.39, 0.29) is 0 Å². The normalized spacial score (nSPS) is 11.0. The lowest BCUT2D eigenvalue weighted by Crippen LogP contribution is -1.95. The summed E-state index contributed by atoms with van der Waals surface area (Å²) in [5, 5.41) is 3.26. The van der Waals surface area contributed by atoms with Gasteiger partial charge in [0, 0.05) is 17.6 Å². The molecule has 0 spiro atoms. The SMILES string of the molecule is C=C(CCCCCCCCCCCCCCCCC)c1cc(S)c(C)c(NC)c1. The number of hydrogen-bond donors (Lipinski definition) is 2. The number of allylic oxidation sites excluding steroid dienone is 1. The standard InChI is InChI=1S/C27H47NS/c1-5-6-7-8-9-10-11-12-13-14-15-16-17-18-19-20-23(2)25-21-26(28-4)24(3)27(29)22-25/h21-22,28-29H,2,5-20H2,1,3-4H3. The summed E-state index contributed by atoms with van der Waals surface area (Å²) in [4.78, 5) is 1.05. The molecule has 1 aromatic carbocycles. The van der Waals surface area contributed by atoms with Crippen LogP contribution in [0, 0.1) is 6.92 Å². The maximum Gasteiger partial charge on any atom is 0.0384 e. The summed E-state index contributed by atoms with van der Waals surface area (Å²) in [6.07, 6.45) is 22.3. The van der Waals surface area contributed by atoms with Gasteiger partial charge in [-0.25, -0.2) is 0 Å². The molecule has 0 aliphatic rings. The van der Waals surface area contributed by atoms with Gasteiger partial charge in [0.2, 0.25) is 0 Å². The van der Waals surface area contributed by atoms with Gasteiger partial charge in [0.1, 0.15) is 0 Å². The first-order valence-corrected chi connectivity index (χ1v) is 12.7. The molecular formula is C27H47NS. The molecule has 0 amide bonds. The van der Waals surface area contributed by atoms with Crippen molar-refractivity contribution in [1.29, 1.82) is 0 Å². The van der Waals surface area contributed by atoms with E-state index in [1.54, 1.807) is 0 Å². The Bertz CT molecular complexity index is 564. The second kappa shape index (κ2) is 16.9. The predicted octanol–water partition coefficient (Wildman–Crippen LogP) is 9.60. The van der Waals surface area contributed by atoms with Crippen molar-refractivity contribution in [3.8, 4) is 0 Å². The van der Waals surface area contributed by atoms with E-state index in [0.29, 0.717) is 0 Å². The molecule has 0 aliphatic heterocycles. The quantitative estimate of drug-likeness (QED) is 0.179. The van der Waals surface area contributed by atoms with Crippen LogP contribution in [0.1, 0.15) is 121 Å². The zero-order valence-electron chi connectivity index (χ0n) is 19.6. The molecule has 0 unspecified atom stereocenters. The molecular weight excluding hydrogens is 370 g/mol. The van der Waals surface area contributed by atoms with E-state index in [9.17, 15) is 0 Å². The highest BCUT2D eigenvalue weighted by Crippen LogP contribution is 2.29. The summed E-state index contributed by atoms with van der Waals surface area (Å²) in [5.74, 6) is 0. The summed E-state index contributed by atoms with van der Waals surface area (Å²) in [6, 6.07) is 4.37. The molecule has 166 valence electrons. The van der Waals surface area contributed by atoms with E-state index in [0.717, 1.165) is 17.0 Å². The van der Waals surface area contributed by atoms with Gasteiger partial charge in [-0.3, -0.25) is 0 Å². The molecule has 0 fully saturated rings. The van der Waals surface area contributed by atoms with Gasteiger partial charge in [-0.1, -0.05) is 103 Å². The van der Waals surface area contributed by atoms with Gasteiger partial charge in [-0.15, -0.1) is 12.6 Å². The molecule has 1 nitrogen and oxygen atoms in total. The molecule has 0 aromatic heterocycles. The Hall–Kier alpha value is -0.890. The molecule has 1 rings (SSSR count). The molecule has 0 bridgehead atoms.